The Morgan fingerprint density at radius 3 is 2.73 bits per heavy atom. The van der Waals surface area contributed by atoms with Crippen LogP contribution < -0.4 is 4.74 Å². The Balaban J connectivity index is 1.54. The van der Waals surface area contributed by atoms with Gasteiger partial charge in [-0.2, -0.15) is 5.10 Å². The van der Waals surface area contributed by atoms with Gasteiger partial charge in [-0.3, -0.25) is 4.98 Å². The van der Waals surface area contributed by atoms with Crippen molar-refractivity contribution in [3.8, 4) is 28.8 Å². The SMILES string of the molecule is CC#Cc1cnn2cc(-c3nnn(C4CCN(CC)CC4)c3C)cc(OC(CO)c3ccc(F)cn3)c12. The molecule has 1 aliphatic rings. The summed E-state index contributed by atoms with van der Waals surface area (Å²) in [6.45, 7) is 8.79. The highest BCUT2D eigenvalue weighted by molar-refractivity contribution is 5.75. The van der Waals surface area contributed by atoms with Crippen LogP contribution >= 0.6 is 0 Å². The number of halogens is 1. The Morgan fingerprint density at radius 1 is 1.24 bits per heavy atom. The standard InChI is InChI=1S/C27H30FN7O2/c1-4-6-19-14-30-34-16-20(26-18(3)35(32-31-26)22-9-11-33(5-2)12-10-22)13-24(27(19)34)37-25(17-36)23-8-7-21(28)15-29-23/h7-8,13-16,22,25,36H,5,9-12,17H2,1-3H3. The van der Waals surface area contributed by atoms with Crippen LogP contribution in [0.5, 0.6) is 5.75 Å². The second-order valence-electron chi connectivity index (χ2n) is 9.14. The van der Waals surface area contributed by atoms with Crippen molar-refractivity contribution in [3.05, 3.63) is 59.6 Å². The van der Waals surface area contributed by atoms with E-state index in [0.717, 1.165) is 55.6 Å². The average molecular weight is 504 g/mol. The molecule has 1 unspecified atom stereocenters. The summed E-state index contributed by atoms with van der Waals surface area (Å²) in [5, 5.41) is 23.6. The zero-order valence-corrected chi connectivity index (χ0v) is 21.2. The highest BCUT2D eigenvalue weighted by atomic mass is 19.1. The molecule has 4 aromatic heterocycles. The lowest BCUT2D eigenvalue weighted by Gasteiger charge is -2.31. The molecule has 0 bridgehead atoms. The number of aliphatic hydroxyl groups is 1. The number of aliphatic hydroxyl groups excluding tert-OH is 1. The number of hydrogen-bond acceptors (Lipinski definition) is 7. The Kier molecular flexibility index (Phi) is 7.17. The molecule has 37 heavy (non-hydrogen) atoms. The van der Waals surface area contributed by atoms with Crippen LogP contribution in [0, 0.1) is 24.6 Å². The maximum absolute atomic E-state index is 13.4. The quantitative estimate of drug-likeness (QED) is 0.385. The summed E-state index contributed by atoms with van der Waals surface area (Å²) in [6.07, 6.45) is 5.92. The number of rotatable bonds is 7. The highest BCUT2D eigenvalue weighted by Gasteiger charge is 2.25. The number of hydrogen-bond donors (Lipinski definition) is 1. The van der Waals surface area contributed by atoms with Crippen molar-refractivity contribution in [3.63, 3.8) is 0 Å². The fraction of sp³-hybridized carbons (Fsp3) is 0.407. The first-order valence-corrected chi connectivity index (χ1v) is 12.5. The van der Waals surface area contributed by atoms with E-state index in [1.54, 1.807) is 17.6 Å². The van der Waals surface area contributed by atoms with Crippen molar-refractivity contribution >= 4 is 5.52 Å². The molecular weight excluding hydrogens is 473 g/mol. The molecule has 4 aromatic rings. The zero-order valence-electron chi connectivity index (χ0n) is 21.2. The lowest BCUT2D eigenvalue weighted by Crippen LogP contribution is -2.34. The molecular formula is C27H30FN7O2. The summed E-state index contributed by atoms with van der Waals surface area (Å²) in [5.41, 5.74) is 4.26. The van der Waals surface area contributed by atoms with Gasteiger partial charge in [0.05, 0.1) is 42.0 Å². The first kappa shape index (κ1) is 24.9. The molecule has 0 radical (unpaired) electrons. The van der Waals surface area contributed by atoms with Crippen LogP contribution in [0.1, 0.15) is 55.8 Å². The van der Waals surface area contributed by atoms with Gasteiger partial charge in [0.15, 0.2) is 6.10 Å². The number of aromatic nitrogens is 6. The summed E-state index contributed by atoms with van der Waals surface area (Å²) in [5.74, 6) is 5.97. The van der Waals surface area contributed by atoms with Crippen molar-refractivity contribution in [1.29, 1.82) is 0 Å². The first-order chi connectivity index (χ1) is 18.0. The predicted octanol–water partition coefficient (Wildman–Crippen LogP) is 3.58. The second kappa shape index (κ2) is 10.7. The van der Waals surface area contributed by atoms with E-state index in [9.17, 15) is 9.50 Å². The molecule has 0 aromatic carbocycles. The number of pyridine rings is 2. The molecule has 1 atom stereocenters. The van der Waals surface area contributed by atoms with E-state index in [1.807, 2.05) is 23.9 Å². The summed E-state index contributed by atoms with van der Waals surface area (Å²) in [6, 6.07) is 4.97. The maximum Gasteiger partial charge on any atom is 0.163 e. The van der Waals surface area contributed by atoms with Gasteiger partial charge in [0.2, 0.25) is 0 Å². The summed E-state index contributed by atoms with van der Waals surface area (Å²) < 4.78 is 23.4. The van der Waals surface area contributed by atoms with Gasteiger partial charge in [-0.25, -0.2) is 13.6 Å². The molecule has 0 aliphatic carbocycles. The number of likely N-dealkylation sites (tertiary alicyclic amines) is 1. The molecule has 1 saturated heterocycles. The van der Waals surface area contributed by atoms with E-state index >= 15 is 0 Å². The van der Waals surface area contributed by atoms with Gasteiger partial charge in [-0.1, -0.05) is 18.1 Å². The van der Waals surface area contributed by atoms with E-state index < -0.39 is 11.9 Å². The number of nitrogens with zero attached hydrogens (tertiary/aromatic N) is 7. The van der Waals surface area contributed by atoms with Crippen LogP contribution in [0.15, 0.2) is 36.8 Å². The van der Waals surface area contributed by atoms with Crippen molar-refractivity contribution in [2.45, 2.75) is 45.8 Å². The maximum atomic E-state index is 13.4. The lowest BCUT2D eigenvalue weighted by atomic mass is 10.0. The molecule has 192 valence electrons. The first-order valence-electron chi connectivity index (χ1n) is 12.5. The van der Waals surface area contributed by atoms with Gasteiger partial charge >= 0.3 is 0 Å². The fourth-order valence-corrected chi connectivity index (χ4v) is 4.89. The summed E-state index contributed by atoms with van der Waals surface area (Å²) >= 11 is 0. The minimum Gasteiger partial charge on any atom is -0.479 e. The second-order valence-corrected chi connectivity index (χ2v) is 9.14. The number of ether oxygens (including phenoxy) is 1. The number of fused-ring (bicyclic) bond motifs is 1. The summed E-state index contributed by atoms with van der Waals surface area (Å²) in [7, 11) is 0. The van der Waals surface area contributed by atoms with Gasteiger partial charge in [0, 0.05) is 24.8 Å². The zero-order chi connectivity index (χ0) is 25.9. The van der Waals surface area contributed by atoms with Crippen LogP contribution in [0.2, 0.25) is 0 Å². The molecule has 5 heterocycles. The van der Waals surface area contributed by atoms with Crippen molar-refractivity contribution in [2.75, 3.05) is 26.2 Å². The fourth-order valence-electron chi connectivity index (χ4n) is 4.89. The topological polar surface area (TPSA) is 93.6 Å². The van der Waals surface area contributed by atoms with E-state index in [1.165, 1.54) is 12.1 Å². The number of piperidine rings is 1. The van der Waals surface area contributed by atoms with Crippen LogP contribution in [0.3, 0.4) is 0 Å². The molecule has 0 amide bonds. The van der Waals surface area contributed by atoms with Gasteiger partial charge in [0.25, 0.3) is 0 Å². The third-order valence-electron chi connectivity index (χ3n) is 6.90. The molecule has 1 N–H and O–H groups in total. The van der Waals surface area contributed by atoms with Gasteiger partial charge in [0.1, 0.15) is 22.8 Å². The molecule has 0 saturated carbocycles. The van der Waals surface area contributed by atoms with Gasteiger partial charge in [-0.15, -0.1) is 11.0 Å². The van der Waals surface area contributed by atoms with Crippen LogP contribution in [0.4, 0.5) is 4.39 Å². The molecule has 9 nitrogen and oxygen atoms in total. The van der Waals surface area contributed by atoms with Gasteiger partial charge < -0.3 is 14.7 Å². The van der Waals surface area contributed by atoms with E-state index in [4.69, 9.17) is 4.74 Å². The van der Waals surface area contributed by atoms with E-state index in [-0.39, 0.29) is 6.61 Å². The predicted molar refractivity (Wildman–Crippen MR) is 137 cm³/mol. The van der Waals surface area contributed by atoms with E-state index in [0.29, 0.717) is 28.6 Å². The van der Waals surface area contributed by atoms with Gasteiger partial charge in [-0.05, 0) is 51.4 Å². The van der Waals surface area contributed by atoms with Crippen LogP contribution in [-0.2, 0) is 0 Å². The van der Waals surface area contributed by atoms with Crippen LogP contribution in [0.25, 0.3) is 16.8 Å². The highest BCUT2D eigenvalue weighted by Crippen LogP contribution is 2.34. The van der Waals surface area contributed by atoms with Crippen molar-refractivity contribution in [2.24, 2.45) is 0 Å². The minimum absolute atomic E-state index is 0.308. The van der Waals surface area contributed by atoms with Crippen LogP contribution in [-0.4, -0.2) is 65.8 Å². The monoisotopic (exact) mass is 503 g/mol. The lowest BCUT2D eigenvalue weighted by molar-refractivity contribution is 0.114. The molecule has 0 spiro atoms. The molecule has 1 fully saturated rings. The third kappa shape index (κ3) is 4.92. The third-order valence-corrected chi connectivity index (χ3v) is 6.90. The Hall–Kier alpha value is -3.81. The minimum atomic E-state index is -0.808. The normalized spacial score (nSPS) is 15.5. The molecule has 1 aliphatic heterocycles. The Morgan fingerprint density at radius 2 is 2.05 bits per heavy atom. The Bertz CT molecular complexity index is 1440. The summed E-state index contributed by atoms with van der Waals surface area (Å²) in [4.78, 5) is 6.54. The van der Waals surface area contributed by atoms with E-state index in [2.05, 4.69) is 44.1 Å². The van der Waals surface area contributed by atoms with Crippen molar-refractivity contribution in [1.82, 2.24) is 34.5 Å². The Labute approximate surface area is 214 Å². The molecule has 5 rings (SSSR count). The molecule has 10 heteroatoms. The average Bonchev–Trinajstić information content (AvgIpc) is 3.51. The van der Waals surface area contributed by atoms with Crippen molar-refractivity contribution < 1.29 is 14.2 Å². The smallest absolute Gasteiger partial charge is 0.163 e. The largest absolute Gasteiger partial charge is 0.479 e.